The van der Waals surface area contributed by atoms with Gasteiger partial charge in [-0.1, -0.05) is 47.5 Å². The second kappa shape index (κ2) is 7.17. The Morgan fingerprint density at radius 3 is 2.37 bits per heavy atom. The molecular weight excluding hydrogens is 328 g/mol. The molecule has 4 rings (SSSR count). The second-order valence-electron chi connectivity index (χ2n) is 12.1. The van der Waals surface area contributed by atoms with Crippen LogP contribution in [0.15, 0.2) is 0 Å². The van der Waals surface area contributed by atoms with E-state index >= 15 is 0 Å². The van der Waals surface area contributed by atoms with Crippen molar-refractivity contribution in [3.8, 4) is 0 Å². The van der Waals surface area contributed by atoms with E-state index in [1.54, 1.807) is 0 Å². The van der Waals surface area contributed by atoms with Crippen molar-refractivity contribution in [1.29, 1.82) is 0 Å². The number of hydrogen-bond donors (Lipinski definition) is 0. The van der Waals surface area contributed by atoms with E-state index in [1.807, 2.05) is 0 Å². The molecule has 27 heavy (non-hydrogen) atoms. The Labute approximate surface area is 168 Å². The third kappa shape index (κ3) is 3.24. The lowest BCUT2D eigenvalue weighted by Crippen LogP contribution is -2.53. The molecule has 4 saturated carbocycles. The summed E-state index contributed by atoms with van der Waals surface area (Å²) in [6, 6.07) is 0. The van der Waals surface area contributed by atoms with E-state index < -0.39 is 0 Å². The van der Waals surface area contributed by atoms with Crippen LogP contribution in [0.1, 0.15) is 105 Å². The normalized spacial score (nSPS) is 48.1. The van der Waals surface area contributed by atoms with Gasteiger partial charge in [-0.15, -0.1) is 0 Å². The summed E-state index contributed by atoms with van der Waals surface area (Å²) in [7, 11) is 0. The maximum Gasteiger partial charge on any atom is 0.133 e. The zero-order valence-electron chi connectivity index (χ0n) is 18.7. The molecule has 4 fully saturated rings. The average Bonchev–Trinajstić information content (AvgIpc) is 2.97. The van der Waals surface area contributed by atoms with Gasteiger partial charge in [-0.2, -0.15) is 0 Å². The summed E-state index contributed by atoms with van der Waals surface area (Å²) < 4.78 is 0. The number of ketones is 1. The van der Waals surface area contributed by atoms with Gasteiger partial charge in [0, 0.05) is 12.8 Å². The van der Waals surface area contributed by atoms with Crippen molar-refractivity contribution in [2.45, 2.75) is 105 Å². The zero-order valence-corrected chi connectivity index (χ0v) is 18.7. The molecule has 0 aliphatic heterocycles. The van der Waals surface area contributed by atoms with Crippen LogP contribution in [0.25, 0.3) is 0 Å². The van der Waals surface area contributed by atoms with Crippen LogP contribution in [0, 0.1) is 52.3 Å². The van der Waals surface area contributed by atoms with Gasteiger partial charge in [0.15, 0.2) is 0 Å². The molecule has 0 spiro atoms. The maximum absolute atomic E-state index is 12.1. The maximum atomic E-state index is 12.1. The summed E-state index contributed by atoms with van der Waals surface area (Å²) in [4.78, 5) is 12.1. The van der Waals surface area contributed by atoms with Crippen molar-refractivity contribution < 1.29 is 4.79 Å². The highest BCUT2D eigenvalue weighted by Crippen LogP contribution is 2.68. The predicted octanol–water partition coefficient (Wildman–Crippen LogP) is 7.29. The lowest BCUT2D eigenvalue weighted by atomic mass is 9.44. The minimum atomic E-state index is 0.472. The van der Waals surface area contributed by atoms with Crippen LogP contribution in [0.4, 0.5) is 0 Å². The van der Waals surface area contributed by atoms with Crippen LogP contribution < -0.4 is 0 Å². The van der Waals surface area contributed by atoms with E-state index in [0.29, 0.717) is 22.5 Å². The van der Waals surface area contributed by atoms with Crippen molar-refractivity contribution in [1.82, 2.24) is 0 Å². The lowest BCUT2D eigenvalue weighted by Gasteiger charge is -2.60. The number of carbonyl (C=O) groups excluding carboxylic acids is 1. The first-order valence-corrected chi connectivity index (χ1v) is 12.3. The summed E-state index contributed by atoms with van der Waals surface area (Å²) in [6.07, 6.45) is 14.4. The molecule has 0 aromatic carbocycles. The molecule has 4 aliphatic carbocycles. The van der Waals surface area contributed by atoms with Crippen LogP contribution >= 0.6 is 0 Å². The first-order valence-electron chi connectivity index (χ1n) is 12.3. The smallest absolute Gasteiger partial charge is 0.133 e. The van der Waals surface area contributed by atoms with Gasteiger partial charge in [-0.3, -0.25) is 4.79 Å². The Kier molecular flexibility index (Phi) is 5.30. The first-order chi connectivity index (χ1) is 12.8. The Balaban J connectivity index is 1.51. The van der Waals surface area contributed by atoms with E-state index in [9.17, 15) is 4.79 Å². The van der Waals surface area contributed by atoms with Gasteiger partial charge in [-0.25, -0.2) is 0 Å². The Bertz CT molecular complexity index is 565. The minimum absolute atomic E-state index is 0.472. The summed E-state index contributed by atoms with van der Waals surface area (Å²) in [5.74, 6) is 6.80. The number of hydrogen-bond acceptors (Lipinski definition) is 1. The molecule has 0 heterocycles. The fourth-order valence-electron chi connectivity index (χ4n) is 8.82. The third-order valence-electron chi connectivity index (χ3n) is 10.4. The molecule has 0 amide bonds. The van der Waals surface area contributed by atoms with E-state index in [4.69, 9.17) is 0 Å². The van der Waals surface area contributed by atoms with E-state index in [1.165, 1.54) is 57.8 Å². The van der Waals surface area contributed by atoms with Crippen molar-refractivity contribution >= 4 is 5.78 Å². The first kappa shape index (κ1) is 20.0. The molecule has 0 aromatic rings. The van der Waals surface area contributed by atoms with Crippen LogP contribution in [0.2, 0.25) is 0 Å². The van der Waals surface area contributed by atoms with E-state index in [2.05, 4.69) is 34.6 Å². The predicted molar refractivity (Wildman–Crippen MR) is 113 cm³/mol. The molecule has 8 atom stereocenters. The molecule has 0 aromatic heterocycles. The molecule has 1 nitrogen and oxygen atoms in total. The Hall–Kier alpha value is -0.330. The van der Waals surface area contributed by atoms with Crippen LogP contribution in [-0.4, -0.2) is 5.78 Å². The van der Waals surface area contributed by atoms with Gasteiger partial charge in [0.05, 0.1) is 0 Å². The Morgan fingerprint density at radius 2 is 1.63 bits per heavy atom. The molecule has 0 radical (unpaired) electrons. The molecule has 1 heteroatoms. The van der Waals surface area contributed by atoms with Crippen molar-refractivity contribution in [3.05, 3.63) is 0 Å². The van der Waals surface area contributed by atoms with Crippen LogP contribution in [-0.2, 0) is 4.79 Å². The molecule has 0 N–H and O–H groups in total. The van der Waals surface area contributed by atoms with Gasteiger partial charge < -0.3 is 0 Å². The van der Waals surface area contributed by atoms with Gasteiger partial charge in [0.25, 0.3) is 0 Å². The zero-order chi connectivity index (χ0) is 19.4. The van der Waals surface area contributed by atoms with Crippen LogP contribution in [0.5, 0.6) is 0 Å². The monoisotopic (exact) mass is 372 g/mol. The van der Waals surface area contributed by atoms with Gasteiger partial charge >= 0.3 is 0 Å². The summed E-state index contributed by atoms with van der Waals surface area (Å²) in [5, 5.41) is 0. The fourth-order valence-corrected chi connectivity index (χ4v) is 8.82. The third-order valence-corrected chi connectivity index (χ3v) is 10.4. The minimum Gasteiger partial charge on any atom is -0.300 e. The largest absolute Gasteiger partial charge is 0.300 e. The summed E-state index contributed by atoms with van der Waals surface area (Å²) in [5.41, 5.74) is 1.07. The van der Waals surface area contributed by atoms with Gasteiger partial charge in [-0.05, 0) is 97.2 Å². The van der Waals surface area contributed by atoms with E-state index in [0.717, 1.165) is 48.3 Å². The highest BCUT2D eigenvalue weighted by Gasteiger charge is 2.60. The van der Waals surface area contributed by atoms with Crippen molar-refractivity contribution in [3.63, 3.8) is 0 Å². The second-order valence-corrected chi connectivity index (χ2v) is 12.1. The van der Waals surface area contributed by atoms with Crippen molar-refractivity contribution in [2.75, 3.05) is 0 Å². The highest BCUT2D eigenvalue weighted by molar-refractivity contribution is 5.79. The highest BCUT2D eigenvalue weighted by atomic mass is 16.1. The molecule has 154 valence electrons. The topological polar surface area (TPSA) is 17.1 Å². The number of rotatable bonds is 4. The van der Waals surface area contributed by atoms with Gasteiger partial charge in [0.2, 0.25) is 0 Å². The number of carbonyl (C=O) groups is 1. The molecule has 4 unspecified atom stereocenters. The number of fused-ring (bicyclic) bond motifs is 5. The summed E-state index contributed by atoms with van der Waals surface area (Å²) >= 11 is 0. The molecule has 4 aliphatic rings. The SMILES string of the molecule is CC(C)CCC(C)[C@H]1CCC2C3CC[C@H]4CC(=O)CC[C@]4(C)C3CC[C@@]21C. The molecule has 0 saturated heterocycles. The quantitative estimate of drug-likeness (QED) is 0.506. The van der Waals surface area contributed by atoms with Gasteiger partial charge in [0.1, 0.15) is 5.78 Å². The lowest BCUT2D eigenvalue weighted by molar-refractivity contribution is -0.140. The Morgan fingerprint density at radius 1 is 0.889 bits per heavy atom. The molecular formula is C26H44O. The average molecular weight is 373 g/mol. The molecule has 0 bridgehead atoms. The van der Waals surface area contributed by atoms with E-state index in [-0.39, 0.29) is 0 Å². The fraction of sp³-hybridized carbons (Fsp3) is 0.962. The number of Topliss-reactive ketones (excluding diaryl/α,β-unsaturated/α-hetero) is 1. The standard InChI is InChI=1S/C26H44O/c1-17(2)6-7-18(3)22-10-11-23-21-9-8-19-16-20(27)12-14-25(19,4)24(21)13-15-26(22,23)5/h17-19,21-24H,6-16H2,1-5H3/t18?,19-,21?,22+,23?,24?,25-,26+/m0/s1. The summed E-state index contributed by atoms with van der Waals surface area (Å²) in [6.45, 7) is 12.6. The van der Waals surface area contributed by atoms with Crippen LogP contribution in [0.3, 0.4) is 0 Å². The van der Waals surface area contributed by atoms with Crippen molar-refractivity contribution in [2.24, 2.45) is 52.3 Å².